The largest absolute Gasteiger partial charge is 0.311 e. The smallest absolute Gasteiger partial charge is 0.241 e. The summed E-state index contributed by atoms with van der Waals surface area (Å²) in [5.74, 6) is 0.205. The van der Waals surface area contributed by atoms with Crippen molar-refractivity contribution in [3.8, 4) is 0 Å². The van der Waals surface area contributed by atoms with Crippen LogP contribution in [0.5, 0.6) is 0 Å². The molecule has 0 N–H and O–H groups in total. The topological polar surface area (TPSA) is 23.6 Å². The van der Waals surface area contributed by atoms with Crippen LogP contribution in [0, 0.1) is 6.92 Å². The maximum absolute atomic E-state index is 12.8. The summed E-state index contributed by atoms with van der Waals surface area (Å²) in [6, 6.07) is 12.9. The number of amides is 1. The van der Waals surface area contributed by atoms with Crippen LogP contribution < -0.4 is 4.90 Å². The Morgan fingerprint density at radius 1 is 1.26 bits per heavy atom. The summed E-state index contributed by atoms with van der Waals surface area (Å²) in [7, 11) is 0. The Morgan fingerprint density at radius 3 is 2.74 bits per heavy atom. The highest BCUT2D eigenvalue weighted by molar-refractivity contribution is 7.11. The number of hydrogen-bond acceptors (Lipinski definition) is 3. The fraction of sp³-hybridized carbons (Fsp3) is 0.421. The summed E-state index contributed by atoms with van der Waals surface area (Å²) in [6.45, 7) is 8.57. The fourth-order valence-electron chi connectivity index (χ4n) is 3.05. The molecule has 0 saturated heterocycles. The van der Waals surface area contributed by atoms with E-state index in [1.54, 1.807) is 0 Å². The zero-order valence-electron chi connectivity index (χ0n) is 14.1. The van der Waals surface area contributed by atoms with Crippen LogP contribution in [0.1, 0.15) is 29.2 Å². The molecule has 0 bridgehead atoms. The maximum Gasteiger partial charge on any atom is 0.241 e. The third-order valence-corrected chi connectivity index (χ3v) is 5.40. The quantitative estimate of drug-likeness (QED) is 0.832. The Balaban J connectivity index is 1.69. The minimum Gasteiger partial charge on any atom is -0.311 e. The number of nitrogens with zero attached hydrogens (tertiary/aromatic N) is 2. The van der Waals surface area contributed by atoms with E-state index in [0.717, 1.165) is 25.2 Å². The number of para-hydroxylation sites is 1. The van der Waals surface area contributed by atoms with Crippen LogP contribution in [0.15, 0.2) is 36.4 Å². The van der Waals surface area contributed by atoms with E-state index in [2.05, 4.69) is 49.9 Å². The van der Waals surface area contributed by atoms with E-state index < -0.39 is 0 Å². The highest BCUT2D eigenvalue weighted by Gasteiger charge is 2.26. The average Bonchev–Trinajstić information content (AvgIpc) is 3.12. The van der Waals surface area contributed by atoms with Gasteiger partial charge in [-0.1, -0.05) is 18.2 Å². The lowest BCUT2D eigenvalue weighted by Gasteiger charge is -2.28. The van der Waals surface area contributed by atoms with Gasteiger partial charge in [0.05, 0.1) is 6.54 Å². The van der Waals surface area contributed by atoms with Crippen LogP contribution in [-0.2, 0) is 17.8 Å². The lowest BCUT2D eigenvalue weighted by atomic mass is 10.2. The minimum absolute atomic E-state index is 0.205. The summed E-state index contributed by atoms with van der Waals surface area (Å²) in [6.07, 6.45) is 0.966. The Bertz CT molecular complexity index is 692. The van der Waals surface area contributed by atoms with Crippen molar-refractivity contribution in [3.05, 3.63) is 51.7 Å². The zero-order valence-corrected chi connectivity index (χ0v) is 14.9. The number of carbonyl (C=O) groups excluding carboxylic acids is 1. The number of aryl methyl sites for hydroxylation is 1. The Kier molecular flexibility index (Phi) is 4.83. The summed E-state index contributed by atoms with van der Waals surface area (Å²) in [4.78, 5) is 19.7. The first-order chi connectivity index (χ1) is 11.0. The molecular weight excluding hydrogens is 304 g/mol. The lowest BCUT2D eigenvalue weighted by molar-refractivity contribution is -0.120. The molecule has 0 atom stereocenters. The van der Waals surface area contributed by atoms with Gasteiger partial charge < -0.3 is 4.90 Å². The van der Waals surface area contributed by atoms with E-state index in [9.17, 15) is 4.79 Å². The van der Waals surface area contributed by atoms with E-state index in [0.29, 0.717) is 12.6 Å². The van der Waals surface area contributed by atoms with Crippen LogP contribution in [0.25, 0.3) is 0 Å². The Labute approximate surface area is 142 Å². The molecule has 0 unspecified atom stereocenters. The van der Waals surface area contributed by atoms with Crippen LogP contribution in [0.3, 0.4) is 0 Å². The first kappa shape index (κ1) is 16.2. The third-order valence-electron chi connectivity index (χ3n) is 4.41. The third kappa shape index (κ3) is 3.65. The van der Waals surface area contributed by atoms with Crippen molar-refractivity contribution in [1.29, 1.82) is 0 Å². The van der Waals surface area contributed by atoms with Gasteiger partial charge >= 0.3 is 0 Å². The van der Waals surface area contributed by atoms with E-state index >= 15 is 0 Å². The van der Waals surface area contributed by atoms with Crippen molar-refractivity contribution in [2.75, 3.05) is 18.0 Å². The molecule has 0 aliphatic carbocycles. The molecule has 122 valence electrons. The predicted octanol–water partition coefficient (Wildman–Crippen LogP) is 3.86. The highest BCUT2D eigenvalue weighted by Crippen LogP contribution is 2.28. The Morgan fingerprint density at radius 2 is 2.04 bits per heavy atom. The molecule has 23 heavy (non-hydrogen) atoms. The summed E-state index contributed by atoms with van der Waals surface area (Å²) >= 11 is 1.81. The van der Waals surface area contributed by atoms with Gasteiger partial charge in [0.15, 0.2) is 0 Å². The second kappa shape index (κ2) is 6.85. The van der Waals surface area contributed by atoms with E-state index in [-0.39, 0.29) is 5.91 Å². The van der Waals surface area contributed by atoms with E-state index in [1.165, 1.54) is 15.3 Å². The fourth-order valence-corrected chi connectivity index (χ4v) is 3.96. The summed E-state index contributed by atoms with van der Waals surface area (Å²) in [5.41, 5.74) is 2.37. The molecule has 4 heteroatoms. The number of carbonyl (C=O) groups is 1. The zero-order chi connectivity index (χ0) is 16.4. The molecule has 2 aromatic rings. The summed E-state index contributed by atoms with van der Waals surface area (Å²) < 4.78 is 0. The number of hydrogen-bond donors (Lipinski definition) is 0. The van der Waals surface area contributed by atoms with Gasteiger partial charge in [-0.3, -0.25) is 9.69 Å². The molecule has 0 fully saturated rings. The molecule has 2 heterocycles. The van der Waals surface area contributed by atoms with Gasteiger partial charge in [0, 0.05) is 34.6 Å². The van der Waals surface area contributed by atoms with Crippen LogP contribution in [-0.4, -0.2) is 29.9 Å². The number of anilines is 1. The number of benzene rings is 1. The average molecular weight is 328 g/mol. The molecule has 0 saturated carbocycles. The molecule has 1 amide bonds. The van der Waals surface area contributed by atoms with Crippen LogP contribution in [0.4, 0.5) is 5.69 Å². The van der Waals surface area contributed by atoms with Crippen molar-refractivity contribution in [1.82, 2.24) is 4.90 Å². The van der Waals surface area contributed by atoms with Crippen molar-refractivity contribution in [2.24, 2.45) is 0 Å². The van der Waals surface area contributed by atoms with E-state index in [4.69, 9.17) is 0 Å². The number of fused-ring (bicyclic) bond motifs is 1. The molecule has 3 rings (SSSR count). The minimum atomic E-state index is 0.205. The van der Waals surface area contributed by atoms with Gasteiger partial charge in [0.2, 0.25) is 5.91 Å². The van der Waals surface area contributed by atoms with Gasteiger partial charge in [0.25, 0.3) is 0 Å². The van der Waals surface area contributed by atoms with Crippen molar-refractivity contribution in [2.45, 2.75) is 39.8 Å². The maximum atomic E-state index is 12.8. The standard InChI is InChI=1S/C19H24N2OS/c1-14(2)20(12-17-9-8-15(3)23-17)13-19(22)21-11-10-16-6-4-5-7-18(16)21/h4-9,14H,10-13H2,1-3H3. The normalized spacial score (nSPS) is 13.9. The van der Waals surface area contributed by atoms with E-state index in [1.807, 2.05) is 28.4 Å². The first-order valence-corrected chi connectivity index (χ1v) is 9.04. The van der Waals surface area contributed by atoms with Gasteiger partial charge in [-0.25, -0.2) is 0 Å². The molecule has 1 aromatic heterocycles. The number of rotatable bonds is 5. The SMILES string of the molecule is Cc1ccc(CN(CC(=O)N2CCc3ccccc32)C(C)C)s1. The number of thiophene rings is 1. The van der Waals surface area contributed by atoms with Crippen molar-refractivity contribution < 1.29 is 4.79 Å². The molecule has 0 radical (unpaired) electrons. The van der Waals surface area contributed by atoms with Gasteiger partial charge in [-0.15, -0.1) is 11.3 Å². The second-order valence-electron chi connectivity index (χ2n) is 6.44. The van der Waals surface area contributed by atoms with Crippen LogP contribution in [0.2, 0.25) is 0 Å². The molecule has 3 nitrogen and oxygen atoms in total. The monoisotopic (exact) mass is 328 g/mol. The van der Waals surface area contributed by atoms with Crippen molar-refractivity contribution >= 4 is 22.9 Å². The molecular formula is C19H24N2OS. The van der Waals surface area contributed by atoms with Gasteiger partial charge in [-0.2, -0.15) is 0 Å². The highest BCUT2D eigenvalue weighted by atomic mass is 32.1. The molecule has 1 aliphatic heterocycles. The second-order valence-corrected chi connectivity index (χ2v) is 7.81. The molecule has 0 spiro atoms. The van der Waals surface area contributed by atoms with Crippen LogP contribution >= 0.6 is 11.3 Å². The molecule has 1 aliphatic rings. The lowest BCUT2D eigenvalue weighted by Crippen LogP contribution is -2.42. The molecule has 1 aromatic carbocycles. The predicted molar refractivity (Wildman–Crippen MR) is 97.1 cm³/mol. The Hall–Kier alpha value is -1.65. The summed E-state index contributed by atoms with van der Waals surface area (Å²) in [5, 5.41) is 0. The first-order valence-electron chi connectivity index (χ1n) is 8.22. The van der Waals surface area contributed by atoms with Crippen molar-refractivity contribution in [3.63, 3.8) is 0 Å². The van der Waals surface area contributed by atoms with Gasteiger partial charge in [-0.05, 0) is 51.0 Å². The van der Waals surface area contributed by atoms with Gasteiger partial charge in [0.1, 0.15) is 0 Å².